The molecular formula is C8H13N2O. The zero-order valence-electron chi connectivity index (χ0n) is 6.62. The van der Waals surface area contributed by atoms with Crippen molar-refractivity contribution in [3.63, 3.8) is 0 Å². The molecule has 3 heteroatoms. The van der Waals surface area contributed by atoms with Crippen LogP contribution in [0.4, 0.5) is 0 Å². The van der Waals surface area contributed by atoms with Crippen LogP contribution in [0.2, 0.25) is 0 Å². The van der Waals surface area contributed by atoms with E-state index in [2.05, 4.69) is 5.32 Å². The molecule has 0 saturated carbocycles. The van der Waals surface area contributed by atoms with Crippen molar-refractivity contribution in [1.29, 1.82) is 0 Å². The van der Waals surface area contributed by atoms with E-state index in [4.69, 9.17) is 0 Å². The van der Waals surface area contributed by atoms with Crippen LogP contribution < -0.4 is 5.32 Å². The van der Waals surface area contributed by atoms with Gasteiger partial charge in [0, 0.05) is 19.5 Å². The standard InChI is InChI=1S/C8H13N2O/c11-8-4-2-6-10(8)7-3-1-5-9-7/h7H,1-6H2. The molecule has 0 aromatic heterocycles. The molecule has 0 spiro atoms. The largest absolute Gasteiger partial charge is 0.326 e. The lowest BCUT2D eigenvalue weighted by molar-refractivity contribution is -0.130. The Morgan fingerprint density at radius 2 is 2.36 bits per heavy atom. The Bertz CT molecular complexity index is 163. The average molecular weight is 153 g/mol. The Morgan fingerprint density at radius 1 is 1.45 bits per heavy atom. The highest BCUT2D eigenvalue weighted by Crippen LogP contribution is 2.18. The molecule has 0 bridgehead atoms. The fourth-order valence-corrected chi connectivity index (χ4v) is 1.84. The van der Waals surface area contributed by atoms with Gasteiger partial charge in [0.25, 0.3) is 0 Å². The minimum absolute atomic E-state index is 0.241. The molecular weight excluding hydrogens is 140 g/mol. The summed E-state index contributed by atoms with van der Waals surface area (Å²) in [6.07, 6.45) is 4.27. The lowest BCUT2D eigenvalue weighted by atomic mass is 10.3. The fraction of sp³-hybridized carbons (Fsp3) is 0.875. The molecule has 61 valence electrons. The van der Waals surface area contributed by atoms with Crippen LogP contribution in [-0.4, -0.2) is 30.1 Å². The molecule has 0 aromatic carbocycles. The highest BCUT2D eigenvalue weighted by Gasteiger charge is 2.30. The van der Waals surface area contributed by atoms with Crippen LogP contribution in [0.25, 0.3) is 0 Å². The first-order valence-corrected chi connectivity index (χ1v) is 4.34. The summed E-state index contributed by atoms with van der Waals surface area (Å²) in [6, 6.07) is 0. The fourth-order valence-electron chi connectivity index (χ4n) is 1.84. The first kappa shape index (κ1) is 7.10. The quantitative estimate of drug-likeness (QED) is 0.534. The normalized spacial score (nSPS) is 31.8. The predicted molar refractivity (Wildman–Crippen MR) is 41.0 cm³/mol. The van der Waals surface area contributed by atoms with E-state index in [-0.39, 0.29) is 6.17 Å². The maximum absolute atomic E-state index is 11.2. The van der Waals surface area contributed by atoms with Gasteiger partial charge in [0.15, 0.2) is 0 Å². The van der Waals surface area contributed by atoms with E-state index in [1.54, 1.807) is 0 Å². The summed E-state index contributed by atoms with van der Waals surface area (Å²) in [5.74, 6) is 0.306. The molecule has 2 rings (SSSR count). The van der Waals surface area contributed by atoms with Gasteiger partial charge in [-0.2, -0.15) is 0 Å². The van der Waals surface area contributed by atoms with Gasteiger partial charge < -0.3 is 4.90 Å². The second kappa shape index (κ2) is 2.81. The number of rotatable bonds is 1. The zero-order chi connectivity index (χ0) is 7.68. The van der Waals surface area contributed by atoms with Gasteiger partial charge in [-0.15, -0.1) is 0 Å². The lowest BCUT2D eigenvalue weighted by Gasteiger charge is -2.22. The number of likely N-dealkylation sites (tertiary alicyclic amines) is 1. The second-order valence-electron chi connectivity index (χ2n) is 3.22. The maximum Gasteiger partial charge on any atom is 0.223 e. The van der Waals surface area contributed by atoms with Crippen molar-refractivity contribution in [3.8, 4) is 0 Å². The monoisotopic (exact) mass is 153 g/mol. The van der Waals surface area contributed by atoms with Crippen LogP contribution in [0.3, 0.4) is 0 Å². The van der Waals surface area contributed by atoms with E-state index in [1.165, 1.54) is 0 Å². The van der Waals surface area contributed by atoms with E-state index in [0.29, 0.717) is 5.91 Å². The molecule has 11 heavy (non-hydrogen) atoms. The molecule has 1 amide bonds. The van der Waals surface area contributed by atoms with Crippen molar-refractivity contribution in [2.45, 2.75) is 31.8 Å². The molecule has 2 aliphatic rings. The molecule has 3 nitrogen and oxygen atoms in total. The van der Waals surface area contributed by atoms with Crippen LogP contribution in [0.5, 0.6) is 0 Å². The van der Waals surface area contributed by atoms with Gasteiger partial charge >= 0.3 is 0 Å². The van der Waals surface area contributed by atoms with E-state index >= 15 is 0 Å². The van der Waals surface area contributed by atoms with Gasteiger partial charge in [-0.1, -0.05) is 0 Å². The molecule has 2 heterocycles. The number of carbonyl (C=O) groups is 1. The van der Waals surface area contributed by atoms with Crippen LogP contribution in [0.1, 0.15) is 25.7 Å². The molecule has 0 aliphatic carbocycles. The lowest BCUT2D eigenvalue weighted by Crippen LogP contribution is -2.39. The van der Waals surface area contributed by atoms with Crippen LogP contribution in [0.15, 0.2) is 0 Å². The minimum Gasteiger partial charge on any atom is -0.326 e. The van der Waals surface area contributed by atoms with Crippen molar-refractivity contribution in [3.05, 3.63) is 0 Å². The second-order valence-corrected chi connectivity index (χ2v) is 3.22. The summed E-state index contributed by atoms with van der Waals surface area (Å²) >= 11 is 0. The van der Waals surface area contributed by atoms with Gasteiger partial charge in [0.05, 0.1) is 6.17 Å². The van der Waals surface area contributed by atoms with Crippen molar-refractivity contribution >= 4 is 5.91 Å². The van der Waals surface area contributed by atoms with E-state index in [9.17, 15) is 4.79 Å². The molecule has 2 aliphatic heterocycles. The molecule has 2 saturated heterocycles. The van der Waals surface area contributed by atoms with E-state index in [1.807, 2.05) is 4.90 Å². The first-order valence-electron chi connectivity index (χ1n) is 4.34. The van der Waals surface area contributed by atoms with E-state index in [0.717, 1.165) is 38.8 Å². The Balaban J connectivity index is 1.97. The third kappa shape index (κ3) is 1.25. The Morgan fingerprint density at radius 3 is 2.91 bits per heavy atom. The molecule has 2 fully saturated rings. The minimum atomic E-state index is 0.241. The number of hydrogen-bond donors (Lipinski definition) is 0. The SMILES string of the molecule is O=C1CCCN1C1CCC[N]1. The molecule has 0 N–H and O–H groups in total. The molecule has 1 atom stereocenters. The van der Waals surface area contributed by atoms with Gasteiger partial charge in [-0.25, -0.2) is 5.32 Å². The Kier molecular flexibility index (Phi) is 1.82. The zero-order valence-corrected chi connectivity index (χ0v) is 6.62. The van der Waals surface area contributed by atoms with E-state index < -0.39 is 0 Å². The van der Waals surface area contributed by atoms with Crippen molar-refractivity contribution in [2.75, 3.05) is 13.1 Å². The molecule has 1 unspecified atom stereocenters. The first-order chi connectivity index (χ1) is 5.38. The summed E-state index contributed by atoms with van der Waals surface area (Å²) in [4.78, 5) is 13.2. The van der Waals surface area contributed by atoms with Crippen molar-refractivity contribution in [1.82, 2.24) is 10.2 Å². The number of nitrogens with zero attached hydrogens (tertiary/aromatic N) is 2. The maximum atomic E-state index is 11.2. The third-order valence-corrected chi connectivity index (χ3v) is 2.43. The number of amides is 1. The highest BCUT2D eigenvalue weighted by molar-refractivity contribution is 5.78. The van der Waals surface area contributed by atoms with Crippen molar-refractivity contribution in [2.24, 2.45) is 0 Å². The summed E-state index contributed by atoms with van der Waals surface area (Å²) in [5.41, 5.74) is 0. The average Bonchev–Trinajstić information content (AvgIpc) is 2.55. The Hall–Kier alpha value is -0.570. The van der Waals surface area contributed by atoms with Gasteiger partial charge in [-0.3, -0.25) is 4.79 Å². The summed E-state index contributed by atoms with van der Waals surface area (Å²) in [5, 5.41) is 4.37. The van der Waals surface area contributed by atoms with Crippen LogP contribution >= 0.6 is 0 Å². The van der Waals surface area contributed by atoms with Gasteiger partial charge in [-0.05, 0) is 19.3 Å². The number of hydrogen-bond acceptors (Lipinski definition) is 1. The molecule has 1 radical (unpaired) electrons. The summed E-state index contributed by atoms with van der Waals surface area (Å²) in [6.45, 7) is 1.89. The highest BCUT2D eigenvalue weighted by atomic mass is 16.2. The summed E-state index contributed by atoms with van der Waals surface area (Å²) in [7, 11) is 0. The van der Waals surface area contributed by atoms with Crippen molar-refractivity contribution < 1.29 is 4.79 Å². The smallest absolute Gasteiger partial charge is 0.223 e. The summed E-state index contributed by atoms with van der Waals surface area (Å²) < 4.78 is 0. The number of carbonyl (C=O) groups excluding carboxylic acids is 1. The van der Waals surface area contributed by atoms with Crippen LogP contribution in [-0.2, 0) is 4.79 Å². The van der Waals surface area contributed by atoms with Gasteiger partial charge in [0.2, 0.25) is 5.91 Å². The topological polar surface area (TPSA) is 34.4 Å². The Labute approximate surface area is 66.8 Å². The van der Waals surface area contributed by atoms with Crippen LogP contribution in [0, 0.1) is 0 Å². The predicted octanol–water partition coefficient (Wildman–Crippen LogP) is 0.333. The molecule has 0 aromatic rings. The third-order valence-electron chi connectivity index (χ3n) is 2.43. The van der Waals surface area contributed by atoms with Gasteiger partial charge in [0.1, 0.15) is 0 Å².